The number of rotatable bonds is 9. The molecule has 1 saturated carbocycles. The van der Waals surface area contributed by atoms with Gasteiger partial charge in [-0.05, 0) is 49.3 Å². The van der Waals surface area contributed by atoms with Gasteiger partial charge < -0.3 is 10.5 Å². The molecule has 0 spiro atoms. The van der Waals surface area contributed by atoms with Crippen LogP contribution in [0.3, 0.4) is 0 Å². The van der Waals surface area contributed by atoms with Crippen LogP contribution in [0.25, 0.3) is 5.82 Å². The third-order valence-corrected chi connectivity index (χ3v) is 5.81. The summed E-state index contributed by atoms with van der Waals surface area (Å²) < 4.78 is 11.8. The number of carbonyl (C=O) groups is 1. The number of anilines is 1. The number of benzene rings is 1. The summed E-state index contributed by atoms with van der Waals surface area (Å²) in [6, 6.07) is 9.79. The summed E-state index contributed by atoms with van der Waals surface area (Å²) in [5, 5.41) is 19.8. The lowest BCUT2D eigenvalue weighted by Crippen LogP contribution is -2.34. The van der Waals surface area contributed by atoms with E-state index in [9.17, 15) is 4.79 Å². The minimum absolute atomic E-state index is 0.0605. The number of para-hydroxylation sites is 1. The largest absolute Gasteiger partial charge is 0.488 e. The molecule has 0 atom stereocenters. The summed E-state index contributed by atoms with van der Waals surface area (Å²) in [7, 11) is 2.03. The van der Waals surface area contributed by atoms with Crippen LogP contribution in [0.15, 0.2) is 40.1 Å². The Morgan fingerprint density at radius 1 is 1.26 bits per heavy atom. The van der Waals surface area contributed by atoms with Gasteiger partial charge in [-0.3, -0.25) is 9.69 Å². The van der Waals surface area contributed by atoms with E-state index in [0.717, 1.165) is 18.6 Å². The first-order chi connectivity index (χ1) is 16.5. The molecule has 34 heavy (non-hydrogen) atoms. The first-order valence-electron chi connectivity index (χ1n) is 11.3. The first kappa shape index (κ1) is 23.4. The van der Waals surface area contributed by atoms with Crippen molar-refractivity contribution in [2.75, 3.05) is 19.4 Å². The molecule has 12 nitrogen and oxygen atoms in total. The van der Waals surface area contributed by atoms with E-state index in [1.165, 1.54) is 23.9 Å². The monoisotopic (exact) mass is 467 g/mol. The van der Waals surface area contributed by atoms with Crippen LogP contribution in [0.4, 0.5) is 5.82 Å². The maximum absolute atomic E-state index is 13.0. The number of nitrogen functional groups attached to an aromatic ring is 1. The van der Waals surface area contributed by atoms with Crippen molar-refractivity contribution in [2.45, 2.75) is 51.6 Å². The number of carbonyl (C=O) groups excluding carboxylic acids is 1. The molecular weight excluding hydrogens is 438 g/mol. The summed E-state index contributed by atoms with van der Waals surface area (Å²) in [6.07, 6.45) is 5.86. The van der Waals surface area contributed by atoms with E-state index in [2.05, 4.69) is 36.1 Å². The van der Waals surface area contributed by atoms with Crippen LogP contribution in [-0.2, 0) is 6.54 Å². The van der Waals surface area contributed by atoms with Gasteiger partial charge in [-0.25, -0.2) is 10.1 Å². The molecule has 4 rings (SSSR count). The van der Waals surface area contributed by atoms with E-state index < -0.39 is 5.91 Å². The minimum Gasteiger partial charge on any atom is -0.488 e. The van der Waals surface area contributed by atoms with Gasteiger partial charge in [0.2, 0.25) is 11.6 Å². The summed E-state index contributed by atoms with van der Waals surface area (Å²) in [6.45, 7) is 2.42. The Hall–Kier alpha value is -3.80. The quantitative estimate of drug-likeness (QED) is 0.356. The number of hydrazone groups is 1. The molecule has 0 radical (unpaired) electrons. The SMILES string of the molecule is C/C(COc1ccccc1)=N\NC(=O)c1nnn(-c2nonc2N)c1CN(C)C1CCCCC1. The van der Waals surface area contributed by atoms with Gasteiger partial charge in [0, 0.05) is 12.6 Å². The van der Waals surface area contributed by atoms with Gasteiger partial charge in [0.25, 0.3) is 5.91 Å². The number of ether oxygens (including phenoxy) is 1. The molecule has 0 saturated heterocycles. The van der Waals surface area contributed by atoms with E-state index >= 15 is 0 Å². The number of amides is 1. The highest BCUT2D eigenvalue weighted by molar-refractivity contribution is 5.94. The Labute approximate surface area is 197 Å². The highest BCUT2D eigenvalue weighted by Gasteiger charge is 2.27. The second-order valence-corrected chi connectivity index (χ2v) is 8.37. The van der Waals surface area contributed by atoms with Crippen LogP contribution in [-0.4, -0.2) is 61.5 Å². The smallest absolute Gasteiger partial charge is 0.293 e. The molecule has 0 aliphatic heterocycles. The molecule has 180 valence electrons. The molecule has 1 aliphatic carbocycles. The van der Waals surface area contributed by atoms with Gasteiger partial charge in [-0.1, -0.05) is 42.7 Å². The maximum Gasteiger partial charge on any atom is 0.293 e. The number of nitrogens with one attached hydrogen (secondary N) is 1. The molecule has 2 aromatic heterocycles. The van der Waals surface area contributed by atoms with Gasteiger partial charge in [0.15, 0.2) is 5.69 Å². The molecule has 3 aromatic rings. The number of hydrogen-bond donors (Lipinski definition) is 2. The van der Waals surface area contributed by atoms with E-state index in [-0.39, 0.29) is 23.9 Å². The number of nitrogens with two attached hydrogens (primary N) is 1. The predicted molar refractivity (Wildman–Crippen MR) is 124 cm³/mol. The van der Waals surface area contributed by atoms with Crippen molar-refractivity contribution in [3.05, 3.63) is 41.7 Å². The van der Waals surface area contributed by atoms with Gasteiger partial charge in [0.1, 0.15) is 12.4 Å². The van der Waals surface area contributed by atoms with E-state index in [1.807, 2.05) is 37.4 Å². The number of hydrogen-bond acceptors (Lipinski definition) is 10. The topological polar surface area (TPSA) is 150 Å². The molecule has 1 aromatic carbocycles. The van der Waals surface area contributed by atoms with Crippen LogP contribution in [0, 0.1) is 0 Å². The molecule has 0 bridgehead atoms. The summed E-state index contributed by atoms with van der Waals surface area (Å²) >= 11 is 0. The van der Waals surface area contributed by atoms with Crippen LogP contribution >= 0.6 is 0 Å². The zero-order chi connectivity index (χ0) is 23.9. The highest BCUT2D eigenvalue weighted by Crippen LogP contribution is 2.24. The Bertz CT molecular complexity index is 1120. The molecule has 1 amide bonds. The maximum atomic E-state index is 13.0. The van der Waals surface area contributed by atoms with Crippen molar-refractivity contribution >= 4 is 17.4 Å². The molecular formula is C22H29N9O3. The Morgan fingerprint density at radius 3 is 2.74 bits per heavy atom. The predicted octanol–water partition coefficient (Wildman–Crippen LogP) is 2.18. The van der Waals surface area contributed by atoms with E-state index in [0.29, 0.717) is 24.0 Å². The average Bonchev–Trinajstić information content (AvgIpc) is 3.48. The normalized spacial score (nSPS) is 15.0. The second kappa shape index (κ2) is 10.9. The zero-order valence-corrected chi connectivity index (χ0v) is 19.3. The lowest BCUT2D eigenvalue weighted by Gasteiger charge is -2.31. The van der Waals surface area contributed by atoms with Crippen molar-refractivity contribution in [3.63, 3.8) is 0 Å². The van der Waals surface area contributed by atoms with Crippen molar-refractivity contribution in [1.29, 1.82) is 0 Å². The third-order valence-electron chi connectivity index (χ3n) is 5.81. The Kier molecular flexibility index (Phi) is 7.48. The standard InChI is InChI=1S/C22H29N9O3/c1-15(14-33-17-11-7-4-8-12-17)24-26-22(32)19-18(13-30(2)16-9-5-3-6-10-16)31(29-25-19)21-20(23)27-34-28-21/h4,7-8,11-12,16H,3,5-6,9-10,13-14H2,1-2H3,(H2,23,27)(H,26,32)/b24-15+. The van der Waals surface area contributed by atoms with Crippen LogP contribution < -0.4 is 15.9 Å². The number of nitrogens with zero attached hydrogens (tertiary/aromatic N) is 7. The Morgan fingerprint density at radius 2 is 2.03 bits per heavy atom. The zero-order valence-electron chi connectivity index (χ0n) is 19.3. The van der Waals surface area contributed by atoms with Crippen LogP contribution in [0.1, 0.15) is 55.2 Å². The molecule has 12 heteroatoms. The van der Waals surface area contributed by atoms with Crippen LogP contribution in [0.5, 0.6) is 5.75 Å². The summed E-state index contributed by atoms with van der Waals surface area (Å²) in [4.78, 5) is 15.2. The molecule has 0 unspecified atom stereocenters. The van der Waals surface area contributed by atoms with Gasteiger partial charge in [-0.2, -0.15) is 9.78 Å². The molecule has 2 heterocycles. The van der Waals surface area contributed by atoms with E-state index in [4.69, 9.17) is 15.1 Å². The Balaban J connectivity index is 1.50. The summed E-state index contributed by atoms with van der Waals surface area (Å²) in [5.74, 6) is 0.477. The average molecular weight is 468 g/mol. The highest BCUT2D eigenvalue weighted by atomic mass is 16.6. The van der Waals surface area contributed by atoms with Crippen LogP contribution in [0.2, 0.25) is 0 Å². The number of aromatic nitrogens is 5. The lowest BCUT2D eigenvalue weighted by molar-refractivity contribution is 0.0946. The molecule has 1 fully saturated rings. The van der Waals surface area contributed by atoms with E-state index in [1.54, 1.807) is 6.92 Å². The molecule has 1 aliphatic rings. The molecule has 3 N–H and O–H groups in total. The van der Waals surface area contributed by atoms with Crippen molar-refractivity contribution in [2.24, 2.45) is 5.10 Å². The minimum atomic E-state index is -0.493. The fourth-order valence-electron chi connectivity index (χ4n) is 3.95. The lowest BCUT2D eigenvalue weighted by atomic mass is 9.94. The van der Waals surface area contributed by atoms with Crippen molar-refractivity contribution in [1.82, 2.24) is 35.6 Å². The fourth-order valence-corrected chi connectivity index (χ4v) is 3.95. The first-order valence-corrected chi connectivity index (χ1v) is 11.3. The third kappa shape index (κ3) is 5.57. The second-order valence-electron chi connectivity index (χ2n) is 8.37. The van der Waals surface area contributed by atoms with Gasteiger partial charge in [-0.15, -0.1) is 5.10 Å². The van der Waals surface area contributed by atoms with Gasteiger partial charge >= 0.3 is 0 Å². The van der Waals surface area contributed by atoms with Gasteiger partial charge in [0.05, 0.1) is 11.4 Å². The van der Waals surface area contributed by atoms with Crippen molar-refractivity contribution in [3.8, 4) is 11.6 Å². The summed E-state index contributed by atoms with van der Waals surface area (Å²) in [5.41, 5.74) is 9.67. The fraction of sp³-hybridized carbons (Fsp3) is 0.455. The van der Waals surface area contributed by atoms with Crippen molar-refractivity contribution < 1.29 is 14.2 Å².